The molecule has 0 heterocycles. The largest absolute Gasteiger partial charge is 0.464 e. The van der Waals surface area contributed by atoms with E-state index in [1.165, 1.54) is 26.8 Å². The molecule has 1 rings (SSSR count). The van der Waals surface area contributed by atoms with E-state index in [4.69, 9.17) is 0 Å². The topological polar surface area (TPSA) is 9.23 Å². The van der Waals surface area contributed by atoms with Crippen LogP contribution in [0, 0.1) is 12.3 Å². The molecule has 0 radical (unpaired) electrons. The summed E-state index contributed by atoms with van der Waals surface area (Å²) in [6, 6.07) is 4.81. The van der Waals surface area contributed by atoms with Crippen molar-refractivity contribution >= 4 is 0 Å². The first kappa shape index (κ1) is 22.8. The average molecular weight is 376 g/mol. The highest BCUT2D eigenvalue weighted by atomic mass is 19.3. The second-order valence-corrected chi connectivity index (χ2v) is 8.08. The Balaban J connectivity index is 3.18. The third-order valence-electron chi connectivity index (χ3n) is 5.75. The molecule has 1 nitrogen and oxygen atoms in total. The fraction of sp³-hybridized carbons (Fsp3) is 0.714. The molecule has 1 aromatic carbocycles. The van der Waals surface area contributed by atoms with Crippen molar-refractivity contribution < 1.29 is 22.3 Å². The minimum atomic E-state index is -4.58. The molecule has 0 amide bonds. The van der Waals surface area contributed by atoms with Gasteiger partial charge in [0.2, 0.25) is 0 Å². The Kier molecular flexibility index (Phi) is 6.81. The van der Waals surface area contributed by atoms with Crippen molar-refractivity contribution in [2.45, 2.75) is 91.6 Å². The van der Waals surface area contributed by atoms with Crippen LogP contribution in [0.5, 0.6) is 5.75 Å². The third kappa shape index (κ3) is 4.17. The van der Waals surface area contributed by atoms with Crippen molar-refractivity contribution in [2.75, 3.05) is 0 Å². The molecule has 0 aromatic heterocycles. The molecular weight excluding hydrogens is 344 g/mol. The van der Waals surface area contributed by atoms with Gasteiger partial charge in [-0.15, -0.1) is 0 Å². The first-order chi connectivity index (χ1) is 11.8. The van der Waals surface area contributed by atoms with Gasteiger partial charge in [0.15, 0.2) is 0 Å². The quantitative estimate of drug-likeness (QED) is 0.405. The van der Waals surface area contributed by atoms with Crippen LogP contribution >= 0.6 is 0 Å². The zero-order valence-electron chi connectivity index (χ0n) is 17.0. The summed E-state index contributed by atoms with van der Waals surface area (Å²) in [5, 5.41) is 0. The van der Waals surface area contributed by atoms with Crippen molar-refractivity contribution in [2.24, 2.45) is 5.41 Å². The maximum atomic E-state index is 14.6. The van der Waals surface area contributed by atoms with E-state index in [0.717, 1.165) is 18.4 Å². The molecule has 0 spiro atoms. The van der Waals surface area contributed by atoms with Crippen LogP contribution in [0.3, 0.4) is 0 Å². The van der Waals surface area contributed by atoms with Crippen LogP contribution in [0.2, 0.25) is 0 Å². The summed E-state index contributed by atoms with van der Waals surface area (Å²) in [5.74, 6) is -4.49. The summed E-state index contributed by atoms with van der Waals surface area (Å²) in [4.78, 5) is 0. The molecule has 0 atom stereocenters. The number of benzene rings is 1. The Hall–Kier alpha value is -1.26. The molecule has 5 heteroatoms. The highest BCUT2D eigenvalue weighted by Crippen LogP contribution is 2.51. The minimum Gasteiger partial charge on any atom is -0.428 e. The molecule has 1 aromatic rings. The lowest BCUT2D eigenvalue weighted by molar-refractivity contribution is -0.347. The molecule has 0 saturated carbocycles. The third-order valence-corrected chi connectivity index (χ3v) is 5.75. The SMILES string of the molecule is CCCC(C)(C)c1ccc(OC(F)(F)C(F)(F)C(C)(CC)CC)c(C)c1. The molecule has 0 saturated heterocycles. The molecule has 0 aliphatic rings. The van der Waals surface area contributed by atoms with Crippen LogP contribution in [-0.2, 0) is 5.41 Å². The molecule has 26 heavy (non-hydrogen) atoms. The summed E-state index contributed by atoms with van der Waals surface area (Å²) in [5.41, 5.74) is -0.552. The lowest BCUT2D eigenvalue weighted by Gasteiger charge is -2.39. The van der Waals surface area contributed by atoms with Gasteiger partial charge in [-0.25, -0.2) is 0 Å². The standard InChI is InChI=1S/C21H32F4O/c1-8-13-18(5,6)16-11-12-17(15(4)14-16)26-21(24,25)20(22,23)19(7,9-2)10-3/h11-12,14H,8-10,13H2,1-7H3. The highest BCUT2D eigenvalue weighted by molar-refractivity contribution is 5.39. The summed E-state index contributed by atoms with van der Waals surface area (Å²) in [7, 11) is 0. The van der Waals surface area contributed by atoms with Gasteiger partial charge in [0.25, 0.3) is 0 Å². The maximum Gasteiger partial charge on any atom is 0.464 e. The molecular formula is C21H32F4O. The van der Waals surface area contributed by atoms with Gasteiger partial charge in [-0.1, -0.05) is 60.1 Å². The fourth-order valence-corrected chi connectivity index (χ4v) is 3.20. The molecule has 150 valence electrons. The van der Waals surface area contributed by atoms with E-state index in [9.17, 15) is 17.6 Å². The number of hydrogen-bond acceptors (Lipinski definition) is 1. The first-order valence-electron chi connectivity index (χ1n) is 9.33. The summed E-state index contributed by atoms with van der Waals surface area (Å²) in [6.07, 6.45) is -2.80. The Bertz CT molecular complexity index is 604. The number of hydrogen-bond donors (Lipinski definition) is 0. The van der Waals surface area contributed by atoms with Gasteiger partial charge < -0.3 is 4.74 Å². The molecule has 0 aliphatic carbocycles. The summed E-state index contributed by atoms with van der Waals surface area (Å²) < 4.78 is 62.6. The maximum absolute atomic E-state index is 14.6. The average Bonchev–Trinajstić information content (AvgIpc) is 2.55. The van der Waals surface area contributed by atoms with E-state index in [0.29, 0.717) is 5.56 Å². The van der Waals surface area contributed by atoms with Crippen LogP contribution in [0.4, 0.5) is 17.6 Å². The van der Waals surface area contributed by atoms with E-state index in [2.05, 4.69) is 25.5 Å². The lowest BCUT2D eigenvalue weighted by Crippen LogP contribution is -2.55. The van der Waals surface area contributed by atoms with Crippen molar-refractivity contribution in [3.8, 4) is 5.75 Å². The monoisotopic (exact) mass is 376 g/mol. The number of halogens is 4. The second-order valence-electron chi connectivity index (χ2n) is 8.08. The predicted molar refractivity (Wildman–Crippen MR) is 98.3 cm³/mol. The lowest BCUT2D eigenvalue weighted by atomic mass is 9.77. The van der Waals surface area contributed by atoms with Gasteiger partial charge in [-0.2, -0.15) is 17.6 Å². The van der Waals surface area contributed by atoms with Crippen molar-refractivity contribution in [1.82, 2.24) is 0 Å². The van der Waals surface area contributed by atoms with E-state index in [-0.39, 0.29) is 24.0 Å². The predicted octanol–water partition coefficient (Wildman–Crippen LogP) is 7.51. The zero-order chi connectivity index (χ0) is 20.4. The molecule has 0 bridgehead atoms. The van der Waals surface area contributed by atoms with Crippen LogP contribution in [0.25, 0.3) is 0 Å². The van der Waals surface area contributed by atoms with Gasteiger partial charge in [-0.05, 0) is 48.8 Å². The van der Waals surface area contributed by atoms with Crippen LogP contribution < -0.4 is 4.74 Å². The molecule has 0 aliphatic heterocycles. The Morgan fingerprint density at radius 3 is 1.88 bits per heavy atom. The van der Waals surface area contributed by atoms with Crippen LogP contribution in [-0.4, -0.2) is 12.0 Å². The molecule has 0 N–H and O–H groups in total. The Labute approximate surface area is 155 Å². The summed E-state index contributed by atoms with van der Waals surface area (Å²) in [6.45, 7) is 12.0. The minimum absolute atomic E-state index is 0.0709. The summed E-state index contributed by atoms with van der Waals surface area (Å²) >= 11 is 0. The van der Waals surface area contributed by atoms with E-state index in [1.807, 2.05) is 0 Å². The zero-order valence-corrected chi connectivity index (χ0v) is 17.0. The van der Waals surface area contributed by atoms with Gasteiger partial charge >= 0.3 is 12.0 Å². The van der Waals surface area contributed by atoms with Gasteiger partial charge in [-0.3, -0.25) is 0 Å². The number of rotatable bonds is 9. The fourth-order valence-electron chi connectivity index (χ4n) is 3.20. The normalized spacial score (nSPS) is 13.8. The van der Waals surface area contributed by atoms with Crippen LogP contribution in [0.15, 0.2) is 18.2 Å². The molecule has 0 fully saturated rings. The van der Waals surface area contributed by atoms with Gasteiger partial charge in [0.05, 0.1) is 0 Å². The highest BCUT2D eigenvalue weighted by Gasteiger charge is 2.67. The van der Waals surface area contributed by atoms with Gasteiger partial charge in [0.1, 0.15) is 5.75 Å². The first-order valence-corrected chi connectivity index (χ1v) is 9.33. The van der Waals surface area contributed by atoms with E-state index >= 15 is 0 Å². The Morgan fingerprint density at radius 2 is 1.46 bits per heavy atom. The smallest absolute Gasteiger partial charge is 0.428 e. The van der Waals surface area contributed by atoms with E-state index in [1.54, 1.807) is 19.1 Å². The molecule has 0 unspecified atom stereocenters. The van der Waals surface area contributed by atoms with Crippen molar-refractivity contribution in [3.05, 3.63) is 29.3 Å². The van der Waals surface area contributed by atoms with Crippen molar-refractivity contribution in [1.29, 1.82) is 0 Å². The number of ether oxygens (including phenoxy) is 1. The number of alkyl halides is 4. The Morgan fingerprint density at radius 1 is 0.923 bits per heavy atom. The number of aryl methyl sites for hydroxylation is 1. The van der Waals surface area contributed by atoms with Crippen LogP contribution in [0.1, 0.15) is 78.4 Å². The van der Waals surface area contributed by atoms with Gasteiger partial charge in [0, 0.05) is 5.41 Å². The van der Waals surface area contributed by atoms with E-state index < -0.39 is 17.4 Å². The van der Waals surface area contributed by atoms with Crippen molar-refractivity contribution in [3.63, 3.8) is 0 Å². The second kappa shape index (κ2) is 7.77.